The van der Waals surface area contributed by atoms with Gasteiger partial charge in [-0.25, -0.2) is 18.1 Å². The van der Waals surface area contributed by atoms with E-state index in [0.29, 0.717) is 9.95 Å². The molecule has 222 valence electrons. The molecule has 1 aliphatic heterocycles. The van der Waals surface area contributed by atoms with Crippen LogP contribution in [0, 0.1) is 0 Å². The van der Waals surface area contributed by atoms with Gasteiger partial charge in [-0.2, -0.15) is 10.1 Å². The first-order chi connectivity index (χ1) is 19.4. The van der Waals surface area contributed by atoms with Crippen LogP contribution in [0.25, 0.3) is 10.8 Å². The maximum Gasteiger partial charge on any atom is 0.459 e. The third-order valence-corrected chi connectivity index (χ3v) is 7.79. The molecule has 1 saturated heterocycles. The number of aliphatic hydroxyl groups is 1. The highest BCUT2D eigenvalue weighted by atomic mass is 31.2. The van der Waals surface area contributed by atoms with Gasteiger partial charge in [0.25, 0.3) is 0 Å². The van der Waals surface area contributed by atoms with E-state index in [2.05, 4.69) is 10.1 Å². The van der Waals surface area contributed by atoms with Gasteiger partial charge in [0.05, 0.1) is 12.7 Å². The molecule has 0 spiro atoms. The third kappa shape index (κ3) is 7.08. The van der Waals surface area contributed by atoms with Crippen molar-refractivity contribution < 1.29 is 41.8 Å². The van der Waals surface area contributed by atoms with E-state index < -0.39 is 68.9 Å². The summed E-state index contributed by atoms with van der Waals surface area (Å²) in [5.74, 6) is -0.756. The molecule has 41 heavy (non-hydrogen) atoms. The monoisotopic (exact) mass is 596 g/mol. The molecule has 0 radical (unpaired) electrons. The molecule has 1 aromatic heterocycles. The molecule has 1 fully saturated rings. The van der Waals surface area contributed by atoms with Crippen molar-refractivity contribution in [3.05, 3.63) is 65.2 Å². The first-order valence-electron chi connectivity index (χ1n) is 12.7. The summed E-state index contributed by atoms with van der Waals surface area (Å²) in [4.78, 5) is 28.2. The fraction of sp³-hybridized carbons (Fsp3) is 0.423. The van der Waals surface area contributed by atoms with Crippen LogP contribution in [0.15, 0.2) is 59.5 Å². The zero-order valence-corrected chi connectivity index (χ0v) is 23.3. The number of esters is 1. The van der Waals surface area contributed by atoms with Crippen molar-refractivity contribution in [3.8, 4) is 5.75 Å². The predicted octanol–water partition coefficient (Wildman–Crippen LogP) is 3.05. The number of aliphatic hydroxyl groups excluding tert-OH is 1. The Balaban J connectivity index is 1.60. The molecule has 7 atom stereocenters. The third-order valence-electron chi connectivity index (χ3n) is 6.16. The lowest BCUT2D eigenvalue weighted by molar-refractivity contribution is -0.218. The number of ether oxygens (including phenoxy) is 2. The molecule has 4 N–H and O–H groups in total. The van der Waals surface area contributed by atoms with E-state index >= 15 is 0 Å². The van der Waals surface area contributed by atoms with Crippen LogP contribution >= 0.6 is 7.75 Å². The van der Waals surface area contributed by atoms with Crippen LogP contribution in [-0.2, 0) is 23.4 Å². The minimum absolute atomic E-state index is 0.137. The topological polar surface area (TPSA) is 164 Å². The molecule has 0 saturated carbocycles. The van der Waals surface area contributed by atoms with Gasteiger partial charge in [0, 0.05) is 11.6 Å². The Morgan fingerprint density at radius 1 is 1.17 bits per heavy atom. The standard InChI is InChI=1S/C26H31F2N4O8P/c1-14(2)38-25(34)15(3)31-41(36,40-18-10-6-8-16-7-4-5-9-17(16)18)37-13-19-23(33)21(27)22(28)24(39-19)32-12-11-20(29)30-26(32)35/h4-12,14-15,19,21-24,33H,13H2,1-3H3,(H,31,36)(H2,29,30,35)/t15-,19+,21+,22?,23-,24+,41?/m0/s1. The first kappa shape index (κ1) is 30.5. The van der Waals surface area contributed by atoms with E-state index in [1.54, 1.807) is 50.2 Å². The number of carbonyl (C=O) groups excluding carboxylic acids is 1. The molecule has 0 amide bonds. The summed E-state index contributed by atoms with van der Waals surface area (Å²) < 4.78 is 66.4. The summed E-state index contributed by atoms with van der Waals surface area (Å²) >= 11 is 0. The van der Waals surface area contributed by atoms with E-state index in [1.165, 1.54) is 19.1 Å². The lowest BCUT2D eigenvalue weighted by Gasteiger charge is -2.39. The van der Waals surface area contributed by atoms with Gasteiger partial charge in [-0.05, 0) is 38.3 Å². The van der Waals surface area contributed by atoms with Crippen molar-refractivity contribution in [2.75, 3.05) is 12.3 Å². The number of carbonyl (C=O) groups is 1. The average molecular weight is 597 g/mol. The second-order valence-electron chi connectivity index (χ2n) is 9.69. The zero-order chi connectivity index (χ0) is 29.9. The Bertz CT molecular complexity index is 1490. The molecular formula is C26H31F2N4O8P. The van der Waals surface area contributed by atoms with E-state index in [0.717, 1.165) is 11.6 Å². The maximum absolute atomic E-state index is 14.8. The van der Waals surface area contributed by atoms with Gasteiger partial charge >= 0.3 is 19.4 Å². The van der Waals surface area contributed by atoms with E-state index in [-0.39, 0.29) is 11.6 Å². The molecule has 4 rings (SSSR count). The number of alkyl halides is 2. The summed E-state index contributed by atoms with van der Waals surface area (Å²) in [7, 11) is -4.49. The van der Waals surface area contributed by atoms with E-state index in [4.69, 9.17) is 24.3 Å². The summed E-state index contributed by atoms with van der Waals surface area (Å²) in [5.41, 5.74) is 4.46. The molecule has 15 heteroatoms. The molecule has 2 unspecified atom stereocenters. The number of nitrogen functional groups attached to an aromatic ring is 1. The molecule has 1 aliphatic rings. The highest BCUT2D eigenvalue weighted by Crippen LogP contribution is 2.47. The quantitative estimate of drug-likeness (QED) is 0.233. The van der Waals surface area contributed by atoms with Gasteiger partial charge in [-0.15, -0.1) is 0 Å². The highest BCUT2D eigenvalue weighted by molar-refractivity contribution is 7.52. The minimum atomic E-state index is -4.49. The van der Waals surface area contributed by atoms with Crippen molar-refractivity contribution in [1.29, 1.82) is 0 Å². The zero-order valence-electron chi connectivity index (χ0n) is 22.4. The lowest BCUT2D eigenvalue weighted by atomic mass is 10.0. The number of aromatic nitrogens is 2. The highest BCUT2D eigenvalue weighted by Gasteiger charge is 2.48. The smallest absolute Gasteiger partial charge is 0.459 e. The Labute approximate surface area is 234 Å². The molecule has 3 aromatic rings. The maximum atomic E-state index is 14.8. The van der Waals surface area contributed by atoms with Crippen molar-refractivity contribution in [1.82, 2.24) is 14.6 Å². The van der Waals surface area contributed by atoms with Crippen LogP contribution in [0.5, 0.6) is 5.75 Å². The Kier molecular flexibility index (Phi) is 9.40. The van der Waals surface area contributed by atoms with Gasteiger partial charge in [0.15, 0.2) is 18.6 Å². The van der Waals surface area contributed by atoms with Crippen LogP contribution in [0.3, 0.4) is 0 Å². The fourth-order valence-electron chi connectivity index (χ4n) is 4.15. The predicted molar refractivity (Wildman–Crippen MR) is 145 cm³/mol. The molecule has 12 nitrogen and oxygen atoms in total. The fourth-order valence-corrected chi connectivity index (χ4v) is 5.67. The summed E-state index contributed by atoms with van der Waals surface area (Å²) in [6, 6.07) is 12.1. The first-order valence-corrected chi connectivity index (χ1v) is 14.3. The number of nitrogens with zero attached hydrogens (tertiary/aromatic N) is 2. The molecule has 2 heterocycles. The summed E-state index contributed by atoms with van der Waals surface area (Å²) in [5, 5.41) is 14.2. The number of hydrogen-bond donors (Lipinski definition) is 3. The second kappa shape index (κ2) is 12.6. The van der Waals surface area contributed by atoms with Gasteiger partial charge in [0.2, 0.25) is 0 Å². The largest absolute Gasteiger partial charge is 0.462 e. The molecule has 0 bridgehead atoms. The molecular weight excluding hydrogens is 565 g/mol. The number of nitrogens with one attached hydrogen (secondary N) is 1. The van der Waals surface area contributed by atoms with Crippen LogP contribution in [-0.4, -0.2) is 63.9 Å². The van der Waals surface area contributed by atoms with E-state index in [9.17, 15) is 28.0 Å². The van der Waals surface area contributed by atoms with E-state index in [1.807, 2.05) is 0 Å². The SMILES string of the molecule is CC(C)OC(=O)[C@H](C)NP(=O)(OC[C@H]1O[C@@H](n2ccc(N)nc2=O)C(F)[C@@H](F)[C@H]1O)Oc1cccc2ccccc12. The summed E-state index contributed by atoms with van der Waals surface area (Å²) in [6.07, 6.45) is -9.86. The summed E-state index contributed by atoms with van der Waals surface area (Å²) in [6.45, 7) is 3.86. The van der Waals surface area contributed by atoms with Gasteiger partial charge in [0.1, 0.15) is 29.8 Å². The average Bonchev–Trinajstić information content (AvgIpc) is 2.91. The Morgan fingerprint density at radius 3 is 2.59 bits per heavy atom. The van der Waals surface area contributed by atoms with Crippen LogP contribution in [0.1, 0.15) is 27.0 Å². The number of halogens is 2. The van der Waals surface area contributed by atoms with Crippen LogP contribution in [0.4, 0.5) is 14.6 Å². The number of hydrogen-bond acceptors (Lipinski definition) is 10. The number of rotatable bonds is 10. The van der Waals surface area contributed by atoms with Crippen LogP contribution in [0.2, 0.25) is 0 Å². The van der Waals surface area contributed by atoms with Gasteiger partial charge in [-0.1, -0.05) is 36.4 Å². The molecule has 2 aromatic carbocycles. The van der Waals surface area contributed by atoms with Gasteiger partial charge in [-0.3, -0.25) is 13.9 Å². The van der Waals surface area contributed by atoms with Crippen molar-refractivity contribution >= 4 is 30.3 Å². The lowest BCUT2D eigenvalue weighted by Crippen LogP contribution is -2.55. The number of fused-ring (bicyclic) bond motifs is 1. The minimum Gasteiger partial charge on any atom is -0.462 e. The van der Waals surface area contributed by atoms with Crippen molar-refractivity contribution in [2.45, 2.75) is 63.7 Å². The Morgan fingerprint density at radius 2 is 1.88 bits per heavy atom. The molecule has 0 aliphatic carbocycles. The Hall–Kier alpha value is -3.42. The van der Waals surface area contributed by atoms with Crippen LogP contribution < -0.4 is 21.0 Å². The number of benzene rings is 2. The van der Waals surface area contributed by atoms with Crippen molar-refractivity contribution in [3.63, 3.8) is 0 Å². The number of anilines is 1. The van der Waals surface area contributed by atoms with Gasteiger partial charge < -0.3 is 24.8 Å². The number of nitrogens with two attached hydrogens (primary N) is 1. The van der Waals surface area contributed by atoms with Crippen molar-refractivity contribution in [2.24, 2.45) is 0 Å². The second-order valence-corrected chi connectivity index (χ2v) is 11.4. The normalized spacial score (nSPS) is 25.0.